The Morgan fingerprint density at radius 1 is 0.967 bits per heavy atom. The summed E-state index contributed by atoms with van der Waals surface area (Å²) in [7, 11) is 0. The van der Waals surface area contributed by atoms with E-state index in [-0.39, 0.29) is 6.10 Å². The number of aromatic nitrogens is 1. The Labute approximate surface area is 180 Å². The number of nitrogens with zero attached hydrogens (tertiary/aromatic N) is 1. The fourth-order valence-electron chi connectivity index (χ4n) is 4.46. The molecule has 1 unspecified atom stereocenters. The lowest BCUT2D eigenvalue weighted by molar-refractivity contribution is -0.000341. The second-order valence-electron chi connectivity index (χ2n) is 8.09. The maximum atomic E-state index is 6.05. The zero-order chi connectivity index (χ0) is 20.3. The highest BCUT2D eigenvalue weighted by atomic mass is 32.1. The molecular weight excluding hydrogens is 392 g/mol. The molecule has 0 radical (unpaired) electrons. The van der Waals surface area contributed by atoms with Gasteiger partial charge in [-0.25, -0.2) is 10.9 Å². The van der Waals surface area contributed by atoms with E-state index in [4.69, 9.17) is 15.5 Å². The molecule has 1 aliphatic carbocycles. The lowest BCUT2D eigenvalue weighted by Gasteiger charge is -2.27. The van der Waals surface area contributed by atoms with Crippen LogP contribution in [0.15, 0.2) is 60.7 Å². The smallest absolute Gasteiger partial charge is 0.130 e. The summed E-state index contributed by atoms with van der Waals surface area (Å²) in [6.07, 6.45) is 6.26. The van der Waals surface area contributed by atoms with E-state index < -0.39 is 0 Å². The summed E-state index contributed by atoms with van der Waals surface area (Å²) < 4.78 is 7.25. The summed E-state index contributed by atoms with van der Waals surface area (Å²) >= 11 is 1.76. The number of pyridine rings is 1. The summed E-state index contributed by atoms with van der Waals surface area (Å²) in [5, 5.41) is 2.35. The number of benzene rings is 2. The molecule has 5 heteroatoms. The van der Waals surface area contributed by atoms with Gasteiger partial charge in [0.2, 0.25) is 0 Å². The quantitative estimate of drug-likeness (QED) is 0.361. The number of hydrogen-bond acceptors (Lipinski definition) is 5. The van der Waals surface area contributed by atoms with Crippen molar-refractivity contribution in [3.63, 3.8) is 0 Å². The van der Waals surface area contributed by atoms with Crippen molar-refractivity contribution in [3.05, 3.63) is 71.2 Å². The molecule has 154 valence electrons. The van der Waals surface area contributed by atoms with Crippen LogP contribution in [0.5, 0.6) is 5.75 Å². The van der Waals surface area contributed by atoms with Gasteiger partial charge in [-0.2, -0.15) is 0 Å². The highest BCUT2D eigenvalue weighted by molar-refractivity contribution is 7.19. The number of hydrogen-bond donors (Lipinski definition) is 1. The molecule has 1 atom stereocenters. The third-order valence-corrected chi connectivity index (χ3v) is 7.22. The van der Waals surface area contributed by atoms with E-state index in [0.717, 1.165) is 22.3 Å². The van der Waals surface area contributed by atoms with Gasteiger partial charge in [0.05, 0.1) is 11.2 Å². The molecule has 1 fully saturated rings. The van der Waals surface area contributed by atoms with Crippen molar-refractivity contribution in [3.8, 4) is 5.75 Å². The minimum atomic E-state index is -0.00568. The number of para-hydroxylation sites is 1. The summed E-state index contributed by atoms with van der Waals surface area (Å²) in [4.78, 5) is 11.4. The SMILES string of the molecule is NOC(c1cc2ccc(OCc3ccc4ccccc4n3)cc2s1)C1CCCCC1. The molecule has 4 nitrogen and oxygen atoms in total. The van der Waals surface area contributed by atoms with Crippen LogP contribution in [0, 0.1) is 5.92 Å². The molecule has 4 aromatic rings. The molecular formula is C25H26N2O2S. The Morgan fingerprint density at radius 3 is 2.67 bits per heavy atom. The fourth-order valence-corrected chi connectivity index (χ4v) is 5.68. The Balaban J connectivity index is 1.32. The largest absolute Gasteiger partial charge is 0.487 e. The third kappa shape index (κ3) is 4.06. The zero-order valence-corrected chi connectivity index (χ0v) is 17.7. The van der Waals surface area contributed by atoms with Crippen LogP contribution in [0.4, 0.5) is 0 Å². The first-order valence-corrected chi connectivity index (χ1v) is 11.5. The molecule has 2 aromatic carbocycles. The molecule has 0 amide bonds. The third-order valence-electron chi connectivity index (χ3n) is 6.06. The number of ether oxygens (including phenoxy) is 1. The molecule has 0 aliphatic heterocycles. The van der Waals surface area contributed by atoms with E-state index >= 15 is 0 Å². The van der Waals surface area contributed by atoms with Gasteiger partial charge in [-0.05, 0) is 60.5 Å². The summed E-state index contributed by atoms with van der Waals surface area (Å²) in [6, 6.07) is 20.7. The molecule has 0 bridgehead atoms. The minimum Gasteiger partial charge on any atom is -0.487 e. The normalized spacial score (nSPS) is 16.2. The van der Waals surface area contributed by atoms with E-state index in [9.17, 15) is 0 Å². The number of rotatable bonds is 6. The van der Waals surface area contributed by atoms with Gasteiger partial charge in [0.15, 0.2) is 0 Å². The highest BCUT2D eigenvalue weighted by Crippen LogP contribution is 2.41. The van der Waals surface area contributed by atoms with Gasteiger partial charge in [-0.15, -0.1) is 11.3 Å². The number of thiophene rings is 1. The van der Waals surface area contributed by atoms with Crippen molar-refractivity contribution in [2.75, 3.05) is 0 Å². The van der Waals surface area contributed by atoms with E-state index in [2.05, 4.69) is 35.3 Å². The standard InChI is InChI=1S/C25H26N2O2S/c26-29-25(18-7-2-1-3-8-18)24-14-19-11-13-21(15-23(19)30-24)28-16-20-12-10-17-6-4-5-9-22(17)27-20/h4-6,9-15,18,25H,1-3,7-8,16,26H2. The van der Waals surface area contributed by atoms with Crippen molar-refractivity contribution < 1.29 is 9.57 Å². The Morgan fingerprint density at radius 2 is 1.80 bits per heavy atom. The van der Waals surface area contributed by atoms with Crippen LogP contribution >= 0.6 is 11.3 Å². The molecule has 2 N–H and O–H groups in total. The van der Waals surface area contributed by atoms with Crippen LogP contribution in [0.1, 0.15) is 48.8 Å². The molecule has 1 saturated carbocycles. The summed E-state index contributed by atoms with van der Waals surface area (Å²) in [6.45, 7) is 0.450. The van der Waals surface area contributed by atoms with Crippen molar-refractivity contribution in [2.45, 2.75) is 44.8 Å². The Hall–Kier alpha value is -2.47. The molecule has 0 saturated heterocycles. The van der Waals surface area contributed by atoms with Gasteiger partial charge in [-0.3, -0.25) is 4.84 Å². The van der Waals surface area contributed by atoms with Crippen LogP contribution in [0.2, 0.25) is 0 Å². The van der Waals surface area contributed by atoms with Crippen molar-refractivity contribution in [1.82, 2.24) is 4.98 Å². The Bertz CT molecular complexity index is 1150. The van der Waals surface area contributed by atoms with Gasteiger partial charge in [0, 0.05) is 15.0 Å². The molecule has 1 aliphatic rings. The van der Waals surface area contributed by atoms with E-state index in [1.807, 2.05) is 30.3 Å². The maximum Gasteiger partial charge on any atom is 0.130 e. The molecule has 2 aromatic heterocycles. The van der Waals surface area contributed by atoms with Gasteiger partial charge in [0.1, 0.15) is 18.5 Å². The van der Waals surface area contributed by atoms with Crippen molar-refractivity contribution >= 4 is 32.3 Å². The predicted molar refractivity (Wildman–Crippen MR) is 122 cm³/mol. The van der Waals surface area contributed by atoms with Gasteiger partial charge in [0.25, 0.3) is 0 Å². The average molecular weight is 419 g/mol. The minimum absolute atomic E-state index is 0.00568. The zero-order valence-electron chi connectivity index (χ0n) is 16.9. The number of fused-ring (bicyclic) bond motifs is 2. The monoisotopic (exact) mass is 418 g/mol. The topological polar surface area (TPSA) is 57.4 Å². The molecule has 0 spiro atoms. The van der Waals surface area contributed by atoms with Crippen LogP contribution in [0.3, 0.4) is 0 Å². The first-order chi connectivity index (χ1) is 14.8. The van der Waals surface area contributed by atoms with Crippen LogP contribution in [-0.4, -0.2) is 4.98 Å². The lowest BCUT2D eigenvalue weighted by Crippen LogP contribution is -2.20. The average Bonchev–Trinajstić information content (AvgIpc) is 3.21. The highest BCUT2D eigenvalue weighted by Gasteiger charge is 2.27. The second kappa shape index (κ2) is 8.72. The number of nitrogens with two attached hydrogens (primary N) is 1. The van der Waals surface area contributed by atoms with Crippen LogP contribution < -0.4 is 10.6 Å². The van der Waals surface area contributed by atoms with Crippen LogP contribution in [0.25, 0.3) is 21.0 Å². The van der Waals surface area contributed by atoms with Gasteiger partial charge in [-0.1, -0.05) is 43.5 Å². The van der Waals surface area contributed by atoms with Gasteiger partial charge < -0.3 is 4.74 Å². The second-order valence-corrected chi connectivity index (χ2v) is 9.20. The molecule has 5 rings (SSSR count). The van der Waals surface area contributed by atoms with E-state index in [1.54, 1.807) is 11.3 Å². The summed E-state index contributed by atoms with van der Waals surface area (Å²) in [5.41, 5.74) is 1.92. The summed E-state index contributed by atoms with van der Waals surface area (Å²) in [5.74, 6) is 7.09. The first-order valence-electron chi connectivity index (χ1n) is 10.7. The van der Waals surface area contributed by atoms with E-state index in [1.165, 1.54) is 47.1 Å². The van der Waals surface area contributed by atoms with Crippen molar-refractivity contribution in [2.24, 2.45) is 11.8 Å². The van der Waals surface area contributed by atoms with Crippen LogP contribution in [-0.2, 0) is 11.4 Å². The van der Waals surface area contributed by atoms with Gasteiger partial charge >= 0.3 is 0 Å². The first kappa shape index (κ1) is 19.5. The Kier molecular flexibility index (Phi) is 5.67. The fraction of sp³-hybridized carbons (Fsp3) is 0.320. The predicted octanol–water partition coefficient (Wildman–Crippen LogP) is 6.54. The molecule has 30 heavy (non-hydrogen) atoms. The van der Waals surface area contributed by atoms with Crippen molar-refractivity contribution in [1.29, 1.82) is 0 Å². The maximum absolute atomic E-state index is 6.05. The molecule has 2 heterocycles. The van der Waals surface area contributed by atoms with E-state index in [0.29, 0.717) is 12.5 Å². The lowest BCUT2D eigenvalue weighted by atomic mass is 9.84.